The second kappa shape index (κ2) is 6.38. The normalized spacial score (nSPS) is 12.1. The van der Waals surface area contributed by atoms with Gasteiger partial charge in [-0.05, 0) is 37.0 Å². The van der Waals surface area contributed by atoms with E-state index in [0.717, 1.165) is 6.42 Å². The van der Waals surface area contributed by atoms with Gasteiger partial charge in [-0.3, -0.25) is 0 Å². The van der Waals surface area contributed by atoms with Gasteiger partial charge in [-0.25, -0.2) is 0 Å². The van der Waals surface area contributed by atoms with Gasteiger partial charge in [0.1, 0.15) is 0 Å². The van der Waals surface area contributed by atoms with E-state index >= 15 is 0 Å². The third-order valence-corrected chi connectivity index (χ3v) is 3.23. The number of hydrogen-bond donors (Lipinski definition) is 0. The molecule has 0 aromatic heterocycles. The van der Waals surface area contributed by atoms with Crippen molar-refractivity contribution >= 4 is 0 Å². The summed E-state index contributed by atoms with van der Waals surface area (Å²) in [6.07, 6.45) is 10.5. The molecule has 1 atom stereocenters. The van der Waals surface area contributed by atoms with Crippen molar-refractivity contribution in [2.45, 2.75) is 52.4 Å². The number of hydrogen-bond acceptors (Lipinski definition) is 0. The molecule has 0 saturated carbocycles. The number of terminal acetylenes is 1. The topological polar surface area (TPSA) is 0 Å². The molecule has 16 heavy (non-hydrogen) atoms. The van der Waals surface area contributed by atoms with E-state index in [1.54, 1.807) is 0 Å². The predicted molar refractivity (Wildman–Crippen MR) is 71.6 cm³/mol. The average Bonchev–Trinajstić information content (AvgIpc) is 2.29. The van der Waals surface area contributed by atoms with Crippen molar-refractivity contribution < 1.29 is 0 Å². The van der Waals surface area contributed by atoms with Gasteiger partial charge in [-0.2, -0.15) is 0 Å². The van der Waals surface area contributed by atoms with E-state index in [-0.39, 0.29) is 0 Å². The lowest BCUT2D eigenvalue weighted by molar-refractivity contribution is 0.637. The van der Waals surface area contributed by atoms with Crippen LogP contribution in [0.3, 0.4) is 0 Å². The molecule has 0 radical (unpaired) electrons. The quantitative estimate of drug-likeness (QED) is 0.496. The Morgan fingerprint density at radius 3 is 2.50 bits per heavy atom. The van der Waals surface area contributed by atoms with Crippen LogP contribution in [0, 0.1) is 26.2 Å². The molecule has 86 valence electrons. The van der Waals surface area contributed by atoms with Crippen LogP contribution in [0.2, 0.25) is 0 Å². The molecular weight excluding hydrogens is 192 g/mol. The highest BCUT2D eigenvalue weighted by Crippen LogP contribution is 2.23. The Kier molecular flexibility index (Phi) is 5.12. The highest BCUT2D eigenvalue weighted by atomic mass is 14.1. The maximum absolute atomic E-state index is 5.63. The van der Waals surface area contributed by atoms with Crippen molar-refractivity contribution in [1.29, 1.82) is 0 Å². The first-order valence-corrected chi connectivity index (χ1v) is 6.22. The zero-order valence-corrected chi connectivity index (χ0v) is 10.7. The van der Waals surface area contributed by atoms with E-state index in [2.05, 4.69) is 44.9 Å². The lowest BCUT2D eigenvalue weighted by Crippen LogP contribution is -1.97. The van der Waals surface area contributed by atoms with Crippen molar-refractivity contribution in [3.63, 3.8) is 0 Å². The number of unbranched alkanes of at least 4 members (excludes halogenated alkanes) is 2. The Bertz CT molecular complexity index is 368. The van der Waals surface area contributed by atoms with Crippen LogP contribution in [-0.2, 0) is 0 Å². The minimum absolute atomic E-state index is 0.297. The Balaban J connectivity index is 2.72. The smallest absolute Gasteiger partial charge is 0.0449 e. The average molecular weight is 214 g/mol. The number of rotatable bonds is 5. The Hall–Kier alpha value is -1.22. The molecule has 0 saturated heterocycles. The third kappa shape index (κ3) is 3.42. The lowest BCUT2D eigenvalue weighted by Gasteiger charge is -2.12. The van der Waals surface area contributed by atoms with Crippen molar-refractivity contribution in [1.82, 2.24) is 0 Å². The molecule has 0 nitrogen and oxygen atoms in total. The maximum Gasteiger partial charge on any atom is 0.0449 e. The third-order valence-electron chi connectivity index (χ3n) is 3.23. The van der Waals surface area contributed by atoms with Gasteiger partial charge in [0.05, 0.1) is 0 Å². The van der Waals surface area contributed by atoms with Crippen LogP contribution in [0.4, 0.5) is 0 Å². The van der Waals surface area contributed by atoms with Crippen molar-refractivity contribution in [2.75, 3.05) is 0 Å². The molecule has 0 bridgehead atoms. The minimum Gasteiger partial charge on any atom is -0.119 e. The highest BCUT2D eigenvalue weighted by Gasteiger charge is 2.08. The Labute approximate surface area is 100 Å². The van der Waals surface area contributed by atoms with E-state index in [9.17, 15) is 0 Å². The van der Waals surface area contributed by atoms with E-state index in [0.29, 0.717) is 5.92 Å². The first kappa shape index (κ1) is 12.8. The van der Waals surface area contributed by atoms with Crippen LogP contribution in [0.5, 0.6) is 0 Å². The summed E-state index contributed by atoms with van der Waals surface area (Å²) < 4.78 is 0. The summed E-state index contributed by atoms with van der Waals surface area (Å²) in [4.78, 5) is 0. The summed E-state index contributed by atoms with van der Waals surface area (Å²) >= 11 is 0. The predicted octanol–water partition coefficient (Wildman–Crippen LogP) is 4.60. The molecular formula is C16H22. The summed E-state index contributed by atoms with van der Waals surface area (Å²) in [5.74, 6) is 3.22. The SMILES string of the molecule is C#CC(CCCCC)c1ccc(C)c(C)c1. The van der Waals surface area contributed by atoms with Crippen LogP contribution in [0.15, 0.2) is 18.2 Å². The summed E-state index contributed by atoms with van der Waals surface area (Å²) in [7, 11) is 0. The lowest BCUT2D eigenvalue weighted by atomic mass is 9.92. The largest absolute Gasteiger partial charge is 0.119 e. The molecule has 1 aromatic carbocycles. The summed E-state index contributed by atoms with van der Waals surface area (Å²) in [6, 6.07) is 6.60. The molecule has 0 aliphatic heterocycles. The van der Waals surface area contributed by atoms with Gasteiger partial charge < -0.3 is 0 Å². The number of aryl methyl sites for hydroxylation is 2. The summed E-state index contributed by atoms with van der Waals surface area (Å²) in [5, 5.41) is 0. The molecule has 0 amide bonds. The molecule has 1 rings (SSSR count). The minimum atomic E-state index is 0.297. The van der Waals surface area contributed by atoms with E-state index < -0.39 is 0 Å². The maximum atomic E-state index is 5.63. The fourth-order valence-corrected chi connectivity index (χ4v) is 1.93. The van der Waals surface area contributed by atoms with Gasteiger partial charge in [0, 0.05) is 5.92 Å². The van der Waals surface area contributed by atoms with Gasteiger partial charge in [0.2, 0.25) is 0 Å². The summed E-state index contributed by atoms with van der Waals surface area (Å²) in [6.45, 7) is 6.51. The molecule has 0 N–H and O–H groups in total. The van der Waals surface area contributed by atoms with Crippen LogP contribution >= 0.6 is 0 Å². The van der Waals surface area contributed by atoms with E-state index in [1.807, 2.05) is 0 Å². The summed E-state index contributed by atoms with van der Waals surface area (Å²) in [5.41, 5.74) is 3.99. The fraction of sp³-hybridized carbons (Fsp3) is 0.500. The standard InChI is InChI=1S/C16H22/c1-5-7-8-9-15(6-2)16-11-10-13(3)14(4)12-16/h2,10-12,15H,5,7-9H2,1,3-4H3. The molecule has 0 aliphatic carbocycles. The van der Waals surface area contributed by atoms with Gasteiger partial charge in [0.25, 0.3) is 0 Å². The second-order valence-electron chi connectivity index (χ2n) is 4.56. The first-order valence-electron chi connectivity index (χ1n) is 6.22. The monoisotopic (exact) mass is 214 g/mol. The molecule has 0 spiro atoms. The van der Waals surface area contributed by atoms with Gasteiger partial charge in [-0.1, -0.05) is 50.3 Å². The van der Waals surface area contributed by atoms with Gasteiger partial charge in [-0.15, -0.1) is 6.42 Å². The fourth-order valence-electron chi connectivity index (χ4n) is 1.93. The second-order valence-corrected chi connectivity index (χ2v) is 4.56. The first-order chi connectivity index (χ1) is 7.69. The Morgan fingerprint density at radius 1 is 1.19 bits per heavy atom. The Morgan fingerprint density at radius 2 is 1.94 bits per heavy atom. The molecule has 0 heterocycles. The molecule has 0 fully saturated rings. The van der Waals surface area contributed by atoms with Crippen LogP contribution in [0.25, 0.3) is 0 Å². The molecule has 1 unspecified atom stereocenters. The molecule has 1 aromatic rings. The van der Waals surface area contributed by atoms with Crippen molar-refractivity contribution in [3.8, 4) is 12.3 Å². The highest BCUT2D eigenvalue weighted by molar-refractivity contribution is 5.34. The number of benzene rings is 1. The molecule has 0 heteroatoms. The molecule has 0 aliphatic rings. The van der Waals surface area contributed by atoms with E-state index in [4.69, 9.17) is 6.42 Å². The van der Waals surface area contributed by atoms with Crippen molar-refractivity contribution in [3.05, 3.63) is 34.9 Å². The van der Waals surface area contributed by atoms with Crippen LogP contribution in [-0.4, -0.2) is 0 Å². The zero-order chi connectivity index (χ0) is 12.0. The van der Waals surface area contributed by atoms with Gasteiger partial charge >= 0.3 is 0 Å². The van der Waals surface area contributed by atoms with Crippen LogP contribution < -0.4 is 0 Å². The zero-order valence-electron chi connectivity index (χ0n) is 10.7. The van der Waals surface area contributed by atoms with Crippen molar-refractivity contribution in [2.24, 2.45) is 0 Å². The van der Waals surface area contributed by atoms with E-state index in [1.165, 1.54) is 36.0 Å². The van der Waals surface area contributed by atoms with Crippen LogP contribution in [0.1, 0.15) is 55.2 Å². The van der Waals surface area contributed by atoms with Gasteiger partial charge in [0.15, 0.2) is 0 Å².